The van der Waals surface area contributed by atoms with Gasteiger partial charge in [0.15, 0.2) is 0 Å². The molecule has 1 aliphatic carbocycles. The van der Waals surface area contributed by atoms with E-state index >= 15 is 0 Å². The molecule has 0 radical (unpaired) electrons. The highest BCUT2D eigenvalue weighted by Gasteiger charge is 2.26. The van der Waals surface area contributed by atoms with Crippen LogP contribution in [0.5, 0.6) is 5.75 Å². The van der Waals surface area contributed by atoms with Crippen LogP contribution < -0.4 is 4.74 Å². The first kappa shape index (κ1) is 12.3. The third kappa shape index (κ3) is 2.36. The molecule has 1 atom stereocenters. The van der Waals surface area contributed by atoms with Crippen LogP contribution in [0.25, 0.3) is 0 Å². The fraction of sp³-hybridized carbons (Fsp3) is 0.188. The molecule has 0 saturated heterocycles. The number of nitriles is 1. The van der Waals surface area contributed by atoms with E-state index in [0.29, 0.717) is 23.8 Å². The summed E-state index contributed by atoms with van der Waals surface area (Å²) in [7, 11) is 0. The SMILES string of the molecule is N#Cc1cc(Br)ccc1OCC1Cc2ccccc21. The first-order chi connectivity index (χ1) is 9.28. The van der Waals surface area contributed by atoms with E-state index in [4.69, 9.17) is 10.00 Å². The van der Waals surface area contributed by atoms with Crippen molar-refractivity contribution in [2.75, 3.05) is 6.61 Å². The number of hydrogen-bond donors (Lipinski definition) is 0. The van der Waals surface area contributed by atoms with Crippen molar-refractivity contribution in [2.45, 2.75) is 12.3 Å². The third-order valence-corrected chi connectivity index (χ3v) is 3.96. The second-order valence-corrected chi connectivity index (χ2v) is 5.58. The summed E-state index contributed by atoms with van der Waals surface area (Å²) in [5.74, 6) is 1.11. The smallest absolute Gasteiger partial charge is 0.137 e. The highest BCUT2D eigenvalue weighted by molar-refractivity contribution is 9.10. The van der Waals surface area contributed by atoms with Crippen molar-refractivity contribution in [1.29, 1.82) is 5.26 Å². The lowest BCUT2D eigenvalue weighted by molar-refractivity contribution is 0.274. The van der Waals surface area contributed by atoms with Crippen LogP contribution in [0.15, 0.2) is 46.9 Å². The molecule has 1 unspecified atom stereocenters. The van der Waals surface area contributed by atoms with E-state index in [1.807, 2.05) is 12.1 Å². The lowest BCUT2D eigenvalue weighted by Gasteiger charge is -2.29. The van der Waals surface area contributed by atoms with Crippen LogP contribution in [0.2, 0.25) is 0 Å². The van der Waals surface area contributed by atoms with Gasteiger partial charge in [0.2, 0.25) is 0 Å². The molecule has 0 bridgehead atoms. The average molecular weight is 314 g/mol. The highest BCUT2D eigenvalue weighted by atomic mass is 79.9. The molecule has 3 rings (SSSR count). The van der Waals surface area contributed by atoms with E-state index in [-0.39, 0.29) is 0 Å². The zero-order valence-corrected chi connectivity index (χ0v) is 11.9. The van der Waals surface area contributed by atoms with E-state index in [9.17, 15) is 0 Å². The summed E-state index contributed by atoms with van der Waals surface area (Å²) >= 11 is 3.36. The first-order valence-corrected chi connectivity index (χ1v) is 6.97. The molecule has 2 nitrogen and oxygen atoms in total. The van der Waals surface area contributed by atoms with Gasteiger partial charge in [-0.05, 0) is 35.7 Å². The number of halogens is 1. The van der Waals surface area contributed by atoms with Crippen molar-refractivity contribution in [2.24, 2.45) is 0 Å². The van der Waals surface area contributed by atoms with E-state index < -0.39 is 0 Å². The van der Waals surface area contributed by atoms with Gasteiger partial charge >= 0.3 is 0 Å². The molecule has 0 amide bonds. The van der Waals surface area contributed by atoms with E-state index in [0.717, 1.165) is 10.9 Å². The molecule has 0 heterocycles. The second-order valence-electron chi connectivity index (χ2n) is 4.66. The van der Waals surface area contributed by atoms with Crippen molar-refractivity contribution in [3.8, 4) is 11.8 Å². The van der Waals surface area contributed by atoms with E-state index in [1.165, 1.54) is 11.1 Å². The lowest BCUT2D eigenvalue weighted by atomic mass is 9.78. The molecule has 0 saturated carbocycles. The number of ether oxygens (including phenoxy) is 1. The quantitative estimate of drug-likeness (QED) is 0.856. The van der Waals surface area contributed by atoms with Crippen molar-refractivity contribution in [1.82, 2.24) is 0 Å². The number of fused-ring (bicyclic) bond motifs is 1. The fourth-order valence-corrected chi connectivity index (χ4v) is 2.78. The van der Waals surface area contributed by atoms with Crippen molar-refractivity contribution < 1.29 is 4.74 Å². The van der Waals surface area contributed by atoms with Gasteiger partial charge in [-0.15, -0.1) is 0 Å². The number of benzene rings is 2. The third-order valence-electron chi connectivity index (χ3n) is 3.46. The molecule has 2 aromatic rings. The minimum atomic E-state index is 0.450. The predicted molar refractivity (Wildman–Crippen MR) is 77.2 cm³/mol. The van der Waals surface area contributed by atoms with Gasteiger partial charge in [0.05, 0.1) is 12.2 Å². The molecule has 0 aromatic heterocycles. The van der Waals surface area contributed by atoms with Crippen molar-refractivity contribution in [3.05, 3.63) is 63.6 Å². The van der Waals surface area contributed by atoms with E-state index in [1.54, 1.807) is 6.07 Å². The Hall–Kier alpha value is -1.79. The van der Waals surface area contributed by atoms with Crippen LogP contribution in [0.4, 0.5) is 0 Å². The summed E-state index contributed by atoms with van der Waals surface area (Å²) < 4.78 is 6.69. The zero-order chi connectivity index (χ0) is 13.2. The Kier molecular flexibility index (Phi) is 3.27. The summed E-state index contributed by atoms with van der Waals surface area (Å²) in [5, 5.41) is 9.09. The molecule has 0 N–H and O–H groups in total. The van der Waals surface area contributed by atoms with Crippen LogP contribution in [0.3, 0.4) is 0 Å². The number of nitrogens with zero attached hydrogens (tertiary/aromatic N) is 1. The Morgan fingerprint density at radius 2 is 2.11 bits per heavy atom. The van der Waals surface area contributed by atoms with Gasteiger partial charge in [-0.2, -0.15) is 5.26 Å². The van der Waals surface area contributed by atoms with Gasteiger partial charge in [0, 0.05) is 10.4 Å². The summed E-state index contributed by atoms with van der Waals surface area (Å²) in [6.45, 7) is 0.632. The first-order valence-electron chi connectivity index (χ1n) is 6.18. The van der Waals surface area contributed by atoms with Crippen molar-refractivity contribution in [3.63, 3.8) is 0 Å². The Balaban J connectivity index is 1.70. The summed E-state index contributed by atoms with van der Waals surface area (Å²) in [6.07, 6.45) is 1.06. The Labute approximate surface area is 120 Å². The second kappa shape index (κ2) is 5.07. The Morgan fingerprint density at radius 3 is 2.89 bits per heavy atom. The normalized spacial score (nSPS) is 16.1. The molecule has 19 heavy (non-hydrogen) atoms. The molecule has 1 aliphatic rings. The minimum absolute atomic E-state index is 0.450. The summed E-state index contributed by atoms with van der Waals surface area (Å²) in [4.78, 5) is 0. The largest absolute Gasteiger partial charge is 0.492 e. The maximum Gasteiger partial charge on any atom is 0.137 e. The number of hydrogen-bond acceptors (Lipinski definition) is 2. The van der Waals surface area contributed by atoms with Crippen LogP contribution in [0, 0.1) is 11.3 Å². The van der Waals surface area contributed by atoms with Gasteiger partial charge < -0.3 is 4.74 Å². The van der Waals surface area contributed by atoms with Crippen LogP contribution >= 0.6 is 15.9 Å². The van der Waals surface area contributed by atoms with Gasteiger partial charge in [-0.3, -0.25) is 0 Å². The minimum Gasteiger partial charge on any atom is -0.492 e. The van der Waals surface area contributed by atoms with Crippen LogP contribution in [-0.2, 0) is 6.42 Å². The molecular formula is C16H12BrNO. The summed E-state index contributed by atoms with van der Waals surface area (Å²) in [5.41, 5.74) is 3.35. The van der Waals surface area contributed by atoms with Gasteiger partial charge in [-0.25, -0.2) is 0 Å². The molecule has 0 aliphatic heterocycles. The summed E-state index contributed by atoms with van der Waals surface area (Å²) in [6, 6.07) is 16.1. The molecule has 2 aromatic carbocycles. The lowest BCUT2D eigenvalue weighted by Crippen LogP contribution is -2.23. The van der Waals surface area contributed by atoms with E-state index in [2.05, 4.69) is 46.3 Å². The van der Waals surface area contributed by atoms with Gasteiger partial charge in [0.1, 0.15) is 11.8 Å². The highest BCUT2D eigenvalue weighted by Crippen LogP contribution is 2.35. The molecule has 0 fully saturated rings. The average Bonchev–Trinajstić information content (AvgIpc) is 2.41. The Bertz CT molecular complexity index is 660. The molecule has 3 heteroatoms. The van der Waals surface area contributed by atoms with Gasteiger partial charge in [-0.1, -0.05) is 40.2 Å². The van der Waals surface area contributed by atoms with Crippen LogP contribution in [-0.4, -0.2) is 6.61 Å². The number of rotatable bonds is 3. The molecule has 94 valence electrons. The molecule has 0 spiro atoms. The maximum absolute atomic E-state index is 9.09. The topological polar surface area (TPSA) is 33.0 Å². The van der Waals surface area contributed by atoms with Crippen molar-refractivity contribution >= 4 is 15.9 Å². The molecular weight excluding hydrogens is 302 g/mol. The fourth-order valence-electron chi connectivity index (χ4n) is 2.42. The standard InChI is InChI=1S/C16H12BrNO/c17-14-5-6-16(12(8-14)9-18)19-10-13-7-11-3-1-2-4-15(11)13/h1-6,8,13H,7,10H2. The van der Waals surface area contributed by atoms with Gasteiger partial charge in [0.25, 0.3) is 0 Å². The Morgan fingerprint density at radius 1 is 1.26 bits per heavy atom. The predicted octanol–water partition coefficient (Wildman–Crippen LogP) is 4.04. The monoisotopic (exact) mass is 313 g/mol. The maximum atomic E-state index is 9.09. The zero-order valence-electron chi connectivity index (χ0n) is 10.3. The van der Waals surface area contributed by atoms with Crippen LogP contribution in [0.1, 0.15) is 22.6 Å².